The Labute approximate surface area is 125 Å². The number of sulfonamides is 1. The van der Waals surface area contributed by atoms with E-state index >= 15 is 0 Å². The largest absolute Gasteiger partial charge is 0.326 e. The molecule has 0 aliphatic carbocycles. The number of piperazine rings is 1. The van der Waals surface area contributed by atoms with Crippen LogP contribution < -0.4 is 5.73 Å². The second kappa shape index (κ2) is 6.11. The highest BCUT2D eigenvalue weighted by Crippen LogP contribution is 2.30. The van der Waals surface area contributed by atoms with Gasteiger partial charge in [0, 0.05) is 37.1 Å². The van der Waals surface area contributed by atoms with Crippen LogP contribution in [0.1, 0.15) is 24.3 Å². The number of hydrogen-bond acceptors (Lipinski definition) is 5. The van der Waals surface area contributed by atoms with E-state index in [1.807, 2.05) is 12.3 Å². The van der Waals surface area contributed by atoms with Crippen LogP contribution in [0.15, 0.2) is 10.3 Å². The molecule has 0 amide bonds. The van der Waals surface area contributed by atoms with Crippen molar-refractivity contribution in [1.29, 1.82) is 0 Å². The predicted molar refractivity (Wildman–Crippen MR) is 82.4 cm³/mol. The van der Waals surface area contributed by atoms with Crippen molar-refractivity contribution < 1.29 is 8.42 Å². The van der Waals surface area contributed by atoms with Gasteiger partial charge in [0.25, 0.3) is 0 Å². The molecule has 2 heterocycles. The molecule has 1 unspecified atom stereocenters. The molecular formula is C13H23N3O2S2. The van der Waals surface area contributed by atoms with E-state index in [0.29, 0.717) is 18.0 Å². The van der Waals surface area contributed by atoms with Crippen LogP contribution >= 0.6 is 11.3 Å². The van der Waals surface area contributed by atoms with Crippen LogP contribution in [0.4, 0.5) is 0 Å². The first-order chi connectivity index (χ1) is 9.41. The number of thiophene rings is 1. The molecule has 114 valence electrons. The summed E-state index contributed by atoms with van der Waals surface area (Å²) in [5.41, 5.74) is 6.49. The van der Waals surface area contributed by atoms with Crippen molar-refractivity contribution in [3.8, 4) is 0 Å². The molecule has 0 aromatic carbocycles. The molecule has 0 saturated carbocycles. The summed E-state index contributed by atoms with van der Waals surface area (Å²) in [6, 6.07) is 0.254. The summed E-state index contributed by atoms with van der Waals surface area (Å²) in [4.78, 5) is 3.49. The zero-order valence-corrected chi connectivity index (χ0v) is 13.9. The Morgan fingerprint density at radius 3 is 2.70 bits per heavy atom. The summed E-state index contributed by atoms with van der Waals surface area (Å²) < 4.78 is 27.3. The summed E-state index contributed by atoms with van der Waals surface area (Å²) in [5, 5.41) is 1.88. The van der Waals surface area contributed by atoms with Gasteiger partial charge in [0.15, 0.2) is 0 Å². The van der Waals surface area contributed by atoms with Gasteiger partial charge in [-0.05, 0) is 31.3 Å². The zero-order valence-electron chi connectivity index (χ0n) is 12.3. The molecule has 7 heteroatoms. The van der Waals surface area contributed by atoms with Crippen LogP contribution in [0.25, 0.3) is 0 Å². The Morgan fingerprint density at radius 2 is 2.15 bits per heavy atom. The van der Waals surface area contributed by atoms with Crippen molar-refractivity contribution in [2.45, 2.75) is 38.3 Å². The van der Waals surface area contributed by atoms with E-state index in [4.69, 9.17) is 5.73 Å². The maximum absolute atomic E-state index is 12.8. The Hall–Kier alpha value is -0.470. The van der Waals surface area contributed by atoms with Gasteiger partial charge in [-0.2, -0.15) is 4.31 Å². The van der Waals surface area contributed by atoms with Gasteiger partial charge in [-0.15, -0.1) is 11.3 Å². The lowest BCUT2D eigenvalue weighted by Crippen LogP contribution is -2.53. The quantitative estimate of drug-likeness (QED) is 0.907. The molecule has 1 fully saturated rings. The molecule has 5 nitrogen and oxygen atoms in total. The maximum atomic E-state index is 12.8. The lowest BCUT2D eigenvalue weighted by Gasteiger charge is -2.38. The second-order valence-electron chi connectivity index (χ2n) is 5.22. The number of nitrogens with zero attached hydrogens (tertiary/aromatic N) is 2. The molecule has 0 spiro atoms. The molecule has 1 saturated heterocycles. The van der Waals surface area contributed by atoms with Gasteiger partial charge in [-0.1, -0.05) is 6.92 Å². The van der Waals surface area contributed by atoms with E-state index < -0.39 is 10.0 Å². The molecule has 1 aliphatic rings. The SMILES string of the molecule is CCN1CCN(S(=O)(=O)c2c(C)csc2CN)CC1C. The molecular weight excluding hydrogens is 294 g/mol. The van der Waals surface area contributed by atoms with Crippen molar-refractivity contribution in [2.75, 3.05) is 26.2 Å². The Morgan fingerprint density at radius 1 is 1.45 bits per heavy atom. The second-order valence-corrected chi connectivity index (χ2v) is 8.05. The Kier molecular flexibility index (Phi) is 4.86. The van der Waals surface area contributed by atoms with Gasteiger partial charge in [0.1, 0.15) is 4.90 Å². The number of rotatable bonds is 4. The highest BCUT2D eigenvalue weighted by Gasteiger charge is 2.34. The Balaban J connectivity index is 2.30. The molecule has 2 rings (SSSR count). The topological polar surface area (TPSA) is 66.6 Å². The minimum Gasteiger partial charge on any atom is -0.326 e. The van der Waals surface area contributed by atoms with Crippen molar-refractivity contribution in [3.63, 3.8) is 0 Å². The lowest BCUT2D eigenvalue weighted by atomic mass is 10.2. The fourth-order valence-corrected chi connectivity index (χ4v) is 5.92. The van der Waals surface area contributed by atoms with Gasteiger partial charge >= 0.3 is 0 Å². The fraction of sp³-hybridized carbons (Fsp3) is 0.692. The summed E-state index contributed by atoms with van der Waals surface area (Å²) in [6.07, 6.45) is 0. The van der Waals surface area contributed by atoms with Crippen molar-refractivity contribution >= 4 is 21.4 Å². The molecule has 1 aromatic rings. The summed E-state index contributed by atoms with van der Waals surface area (Å²) in [7, 11) is -3.42. The van der Waals surface area contributed by atoms with Gasteiger partial charge in [-0.25, -0.2) is 8.42 Å². The van der Waals surface area contributed by atoms with E-state index in [-0.39, 0.29) is 12.6 Å². The molecule has 1 aliphatic heterocycles. The summed E-state index contributed by atoms with van der Waals surface area (Å²) in [5.74, 6) is 0. The van der Waals surface area contributed by atoms with Crippen molar-refractivity contribution in [3.05, 3.63) is 15.8 Å². The maximum Gasteiger partial charge on any atom is 0.244 e. The van der Waals surface area contributed by atoms with E-state index in [1.54, 1.807) is 4.31 Å². The molecule has 1 atom stereocenters. The highest BCUT2D eigenvalue weighted by atomic mass is 32.2. The van der Waals surface area contributed by atoms with Gasteiger partial charge < -0.3 is 5.73 Å². The van der Waals surface area contributed by atoms with Crippen LogP contribution in [-0.2, 0) is 16.6 Å². The first kappa shape index (κ1) is 15.9. The standard InChI is InChI=1S/C13H23N3O2S2/c1-4-15-5-6-16(8-11(15)3)20(17,18)13-10(2)9-19-12(13)7-14/h9,11H,4-8,14H2,1-3H3. The minimum absolute atomic E-state index is 0.254. The van der Waals surface area contributed by atoms with Gasteiger partial charge in [-0.3, -0.25) is 4.90 Å². The third-order valence-electron chi connectivity index (χ3n) is 3.91. The number of nitrogens with two attached hydrogens (primary N) is 1. The van der Waals surface area contributed by atoms with Gasteiger partial charge in [0.05, 0.1) is 0 Å². The predicted octanol–water partition coefficient (Wildman–Crippen LogP) is 1.23. The van der Waals surface area contributed by atoms with Crippen LogP contribution in [0.3, 0.4) is 0 Å². The normalized spacial score (nSPS) is 22.3. The molecule has 1 aromatic heterocycles. The van der Waals surface area contributed by atoms with E-state index in [2.05, 4.69) is 18.7 Å². The number of hydrogen-bond donors (Lipinski definition) is 1. The molecule has 20 heavy (non-hydrogen) atoms. The van der Waals surface area contributed by atoms with Crippen molar-refractivity contribution in [2.24, 2.45) is 5.73 Å². The average Bonchev–Trinajstić information content (AvgIpc) is 2.80. The van der Waals surface area contributed by atoms with Crippen LogP contribution in [-0.4, -0.2) is 49.8 Å². The number of aryl methyl sites for hydroxylation is 1. The summed E-state index contributed by atoms with van der Waals surface area (Å²) in [6.45, 7) is 9.16. The van der Waals surface area contributed by atoms with E-state index in [1.165, 1.54) is 11.3 Å². The van der Waals surface area contributed by atoms with Crippen LogP contribution in [0.2, 0.25) is 0 Å². The van der Waals surface area contributed by atoms with Crippen LogP contribution in [0.5, 0.6) is 0 Å². The zero-order chi connectivity index (χ0) is 14.9. The monoisotopic (exact) mass is 317 g/mol. The smallest absolute Gasteiger partial charge is 0.244 e. The third kappa shape index (κ3) is 2.78. The molecule has 0 radical (unpaired) electrons. The fourth-order valence-electron chi connectivity index (χ4n) is 2.75. The minimum atomic E-state index is -3.42. The van der Waals surface area contributed by atoms with Crippen LogP contribution in [0, 0.1) is 6.92 Å². The molecule has 2 N–H and O–H groups in total. The lowest BCUT2D eigenvalue weighted by molar-refractivity contribution is 0.135. The Bertz CT molecular complexity index is 568. The summed E-state index contributed by atoms with van der Waals surface area (Å²) >= 11 is 1.43. The average molecular weight is 317 g/mol. The number of likely N-dealkylation sites (N-methyl/N-ethyl adjacent to an activating group) is 1. The van der Waals surface area contributed by atoms with E-state index in [9.17, 15) is 8.42 Å². The van der Waals surface area contributed by atoms with E-state index in [0.717, 1.165) is 23.5 Å². The molecule has 0 bridgehead atoms. The first-order valence-electron chi connectivity index (χ1n) is 6.93. The highest BCUT2D eigenvalue weighted by molar-refractivity contribution is 7.89. The van der Waals surface area contributed by atoms with Gasteiger partial charge in [0.2, 0.25) is 10.0 Å². The third-order valence-corrected chi connectivity index (χ3v) is 7.26. The van der Waals surface area contributed by atoms with Crippen molar-refractivity contribution in [1.82, 2.24) is 9.21 Å². The first-order valence-corrected chi connectivity index (χ1v) is 9.25.